The monoisotopic (exact) mass is 506 g/mol. The smallest absolute Gasteiger partial charge is 0.257 e. The number of rotatable bonds is 7. The molecule has 0 atom stereocenters. The van der Waals surface area contributed by atoms with Gasteiger partial charge in [-0.1, -0.05) is 25.0 Å². The molecule has 198 valence electrons. The number of hydrogen-bond acceptors (Lipinski definition) is 7. The van der Waals surface area contributed by atoms with Crippen LogP contribution in [0.2, 0.25) is 0 Å². The van der Waals surface area contributed by atoms with Crippen LogP contribution in [0.3, 0.4) is 0 Å². The molecule has 1 aliphatic heterocycles. The Bertz CT molecular complexity index is 1160. The van der Waals surface area contributed by atoms with Crippen molar-refractivity contribution in [1.82, 2.24) is 30.0 Å². The van der Waals surface area contributed by atoms with E-state index in [1.807, 2.05) is 24.7 Å². The molecule has 3 heterocycles. The molecule has 9 heteroatoms. The van der Waals surface area contributed by atoms with Gasteiger partial charge in [-0.2, -0.15) is 4.98 Å². The molecule has 0 bridgehead atoms. The van der Waals surface area contributed by atoms with Crippen LogP contribution in [0.15, 0.2) is 36.8 Å². The van der Waals surface area contributed by atoms with Gasteiger partial charge in [-0.05, 0) is 81.4 Å². The summed E-state index contributed by atoms with van der Waals surface area (Å²) < 4.78 is 15.6. The second-order valence-corrected chi connectivity index (χ2v) is 11.2. The lowest BCUT2D eigenvalue weighted by Crippen LogP contribution is -2.58. The van der Waals surface area contributed by atoms with Gasteiger partial charge in [0.15, 0.2) is 5.65 Å². The molecule has 0 unspecified atom stereocenters. The van der Waals surface area contributed by atoms with Crippen LogP contribution in [0.4, 0.5) is 10.3 Å². The molecule has 3 aliphatic rings. The first-order valence-corrected chi connectivity index (χ1v) is 14.1. The van der Waals surface area contributed by atoms with Gasteiger partial charge in [-0.3, -0.25) is 0 Å². The molecule has 2 aliphatic carbocycles. The van der Waals surface area contributed by atoms with Crippen LogP contribution in [-0.4, -0.2) is 49.7 Å². The van der Waals surface area contributed by atoms with Crippen LogP contribution in [0.5, 0.6) is 0 Å². The Labute approximate surface area is 218 Å². The average Bonchev–Trinajstić information content (AvgIpc) is 3.60. The molecule has 3 fully saturated rings. The summed E-state index contributed by atoms with van der Waals surface area (Å²) in [5, 5.41) is 4.49. The summed E-state index contributed by atoms with van der Waals surface area (Å²) in [4.78, 5) is 14.5. The zero-order valence-electron chi connectivity index (χ0n) is 21.6. The Hall–Kier alpha value is -2.62. The maximum absolute atomic E-state index is 13.3. The second-order valence-electron chi connectivity index (χ2n) is 11.2. The number of hydrogen-bond donors (Lipinski definition) is 2. The first-order valence-electron chi connectivity index (χ1n) is 14.1. The summed E-state index contributed by atoms with van der Waals surface area (Å²) in [6.07, 6.45) is 16.1. The van der Waals surface area contributed by atoms with Gasteiger partial charge in [0.05, 0.1) is 12.5 Å². The van der Waals surface area contributed by atoms with Gasteiger partial charge in [-0.25, -0.2) is 29.9 Å². The van der Waals surface area contributed by atoms with Crippen LogP contribution in [0.1, 0.15) is 75.8 Å². The van der Waals surface area contributed by atoms with E-state index in [4.69, 9.17) is 15.7 Å². The first kappa shape index (κ1) is 24.7. The minimum absolute atomic E-state index is 0.171. The number of imidazole rings is 1. The molecular formula is C28H39FN8. The zero-order valence-corrected chi connectivity index (χ0v) is 21.6. The standard InChI is InChI=1S/C28H39FN8/c29-22-7-5-20(6-8-22)17-21-13-15-35(16-14-21)37(34-24-11-9-23(30)10-12-24)28-31-18-26-27(33-28)36(19-32-26)25-3-1-2-4-25/h5-8,18-19,21,23-25,34H,1-4,9-17,30H2. The van der Waals surface area contributed by atoms with Crippen LogP contribution >= 0.6 is 0 Å². The summed E-state index contributed by atoms with van der Waals surface area (Å²) in [5.74, 6) is 1.11. The lowest BCUT2D eigenvalue weighted by atomic mass is 9.90. The Kier molecular flexibility index (Phi) is 7.35. The third-order valence-corrected chi connectivity index (χ3v) is 8.60. The van der Waals surface area contributed by atoms with Crippen molar-refractivity contribution in [3.05, 3.63) is 48.2 Å². The first-order chi connectivity index (χ1) is 18.1. The third kappa shape index (κ3) is 5.63. The van der Waals surface area contributed by atoms with Crippen molar-refractivity contribution in [2.45, 2.75) is 88.8 Å². The van der Waals surface area contributed by atoms with Crippen LogP contribution in [0.25, 0.3) is 11.2 Å². The molecule has 0 radical (unpaired) electrons. The van der Waals surface area contributed by atoms with Gasteiger partial charge in [0.25, 0.3) is 5.95 Å². The van der Waals surface area contributed by atoms with E-state index in [-0.39, 0.29) is 5.82 Å². The van der Waals surface area contributed by atoms with Crippen molar-refractivity contribution in [2.75, 3.05) is 18.2 Å². The number of anilines is 1. The van der Waals surface area contributed by atoms with E-state index in [1.54, 1.807) is 12.1 Å². The quantitative estimate of drug-likeness (QED) is 0.455. The average molecular weight is 507 g/mol. The number of nitrogens with one attached hydrogen (secondary N) is 1. The van der Waals surface area contributed by atoms with Crippen molar-refractivity contribution in [3.63, 3.8) is 0 Å². The highest BCUT2D eigenvalue weighted by Crippen LogP contribution is 2.32. The lowest BCUT2D eigenvalue weighted by Gasteiger charge is -2.42. The van der Waals surface area contributed by atoms with E-state index in [2.05, 4.69) is 25.1 Å². The van der Waals surface area contributed by atoms with Gasteiger partial charge in [0.1, 0.15) is 11.3 Å². The van der Waals surface area contributed by atoms with E-state index < -0.39 is 0 Å². The van der Waals surface area contributed by atoms with E-state index >= 15 is 0 Å². The Morgan fingerprint density at radius 3 is 2.41 bits per heavy atom. The lowest BCUT2D eigenvalue weighted by molar-refractivity contribution is 0.132. The van der Waals surface area contributed by atoms with Crippen LogP contribution < -0.4 is 16.3 Å². The SMILES string of the molecule is NC1CCC(NN(c2ncc3ncn(C4CCCC4)c3n2)N2CCC(Cc3ccc(F)cc3)CC2)CC1. The van der Waals surface area contributed by atoms with Crippen molar-refractivity contribution in [1.29, 1.82) is 0 Å². The summed E-state index contributed by atoms with van der Waals surface area (Å²) >= 11 is 0. The normalized spacial score (nSPS) is 24.2. The number of nitrogens with two attached hydrogens (primary N) is 1. The number of aromatic nitrogens is 4. The highest BCUT2D eigenvalue weighted by molar-refractivity contribution is 5.71. The Morgan fingerprint density at radius 2 is 1.68 bits per heavy atom. The molecule has 8 nitrogen and oxygen atoms in total. The van der Waals surface area contributed by atoms with Crippen LogP contribution in [0, 0.1) is 11.7 Å². The maximum Gasteiger partial charge on any atom is 0.257 e. The minimum Gasteiger partial charge on any atom is -0.328 e. The van der Waals surface area contributed by atoms with E-state index in [0.717, 1.165) is 69.2 Å². The fourth-order valence-electron chi connectivity index (χ4n) is 6.33. The fraction of sp³-hybridized carbons (Fsp3) is 0.607. The molecule has 6 rings (SSSR count). The van der Waals surface area contributed by atoms with Crippen molar-refractivity contribution < 1.29 is 4.39 Å². The second kappa shape index (κ2) is 11.0. The summed E-state index contributed by atoms with van der Waals surface area (Å²) in [7, 11) is 0. The predicted octanol–water partition coefficient (Wildman–Crippen LogP) is 4.53. The van der Waals surface area contributed by atoms with Gasteiger partial charge >= 0.3 is 0 Å². The molecule has 1 aromatic carbocycles. The molecule has 1 saturated heterocycles. The number of fused-ring (bicyclic) bond motifs is 1. The predicted molar refractivity (Wildman–Crippen MR) is 143 cm³/mol. The molecule has 37 heavy (non-hydrogen) atoms. The summed E-state index contributed by atoms with van der Waals surface area (Å²) in [5.41, 5.74) is 13.0. The largest absolute Gasteiger partial charge is 0.328 e. The van der Waals surface area contributed by atoms with Crippen molar-refractivity contribution >= 4 is 17.1 Å². The number of piperidine rings is 1. The number of benzene rings is 1. The molecule has 3 N–H and O–H groups in total. The van der Waals surface area contributed by atoms with Gasteiger partial charge in [-0.15, -0.1) is 0 Å². The van der Waals surface area contributed by atoms with Crippen molar-refractivity contribution in [2.24, 2.45) is 11.7 Å². The molecule has 0 spiro atoms. The highest BCUT2D eigenvalue weighted by Gasteiger charge is 2.30. The summed E-state index contributed by atoms with van der Waals surface area (Å²) in [6, 6.07) is 8.11. The van der Waals surface area contributed by atoms with E-state index in [0.29, 0.717) is 30.0 Å². The number of nitrogens with zero attached hydrogens (tertiary/aromatic N) is 6. The maximum atomic E-state index is 13.3. The molecule has 2 saturated carbocycles. The zero-order chi connectivity index (χ0) is 25.2. The number of halogens is 1. The van der Waals surface area contributed by atoms with Gasteiger partial charge < -0.3 is 10.3 Å². The molecule has 2 aromatic heterocycles. The topological polar surface area (TPSA) is 88.1 Å². The number of hydrazine groups is 2. The fourth-order valence-corrected chi connectivity index (χ4v) is 6.33. The summed E-state index contributed by atoms with van der Waals surface area (Å²) in [6.45, 7) is 1.85. The Balaban J connectivity index is 1.21. The molecule has 0 amide bonds. The van der Waals surface area contributed by atoms with E-state index in [9.17, 15) is 4.39 Å². The Morgan fingerprint density at radius 1 is 0.946 bits per heavy atom. The third-order valence-electron chi connectivity index (χ3n) is 8.60. The molecule has 3 aromatic rings. The van der Waals surface area contributed by atoms with Crippen LogP contribution in [-0.2, 0) is 6.42 Å². The van der Waals surface area contributed by atoms with E-state index in [1.165, 1.54) is 31.2 Å². The van der Waals surface area contributed by atoms with Gasteiger partial charge in [0.2, 0.25) is 0 Å². The highest BCUT2D eigenvalue weighted by atomic mass is 19.1. The van der Waals surface area contributed by atoms with Gasteiger partial charge in [0, 0.05) is 31.2 Å². The minimum atomic E-state index is -0.171. The van der Waals surface area contributed by atoms with Crippen molar-refractivity contribution in [3.8, 4) is 0 Å². The molecular weight excluding hydrogens is 467 g/mol.